The Morgan fingerprint density at radius 1 is 0.972 bits per heavy atom. The minimum absolute atomic E-state index is 0.134. The summed E-state index contributed by atoms with van der Waals surface area (Å²) in [6, 6.07) is 25.0. The number of carbonyl (C=O) groups is 1. The van der Waals surface area contributed by atoms with E-state index in [0.717, 1.165) is 39.5 Å². The molecule has 0 aliphatic heterocycles. The number of methoxy groups -OCH3 is 1. The number of aryl methyl sites for hydroxylation is 2. The molecule has 3 aromatic carbocycles. The van der Waals surface area contributed by atoms with Crippen LogP contribution in [0.4, 0.5) is 0 Å². The van der Waals surface area contributed by atoms with E-state index in [-0.39, 0.29) is 12.4 Å². The van der Waals surface area contributed by atoms with Crippen molar-refractivity contribution >= 4 is 12.0 Å². The first kappa shape index (κ1) is 24.8. The first-order valence-electron chi connectivity index (χ1n) is 11.8. The summed E-state index contributed by atoms with van der Waals surface area (Å²) < 4.78 is 22.5. The van der Waals surface area contributed by atoms with Crippen LogP contribution in [-0.2, 0) is 27.3 Å². The maximum Gasteiger partial charge on any atom is 0.373 e. The van der Waals surface area contributed by atoms with Crippen LogP contribution in [0, 0.1) is 13.8 Å². The Morgan fingerprint density at radius 3 is 2.39 bits per heavy atom. The fraction of sp³-hybridized carbons (Fsp3) is 0.200. The molecule has 6 heteroatoms. The number of ether oxygens (including phenoxy) is 3. The minimum Gasteiger partial charge on any atom is -0.493 e. The summed E-state index contributed by atoms with van der Waals surface area (Å²) in [5.74, 6) is 1.79. The van der Waals surface area contributed by atoms with Gasteiger partial charge < -0.3 is 18.6 Å². The molecule has 4 aromatic rings. The zero-order valence-corrected chi connectivity index (χ0v) is 20.7. The van der Waals surface area contributed by atoms with Gasteiger partial charge in [0, 0.05) is 12.0 Å². The highest BCUT2D eigenvalue weighted by Gasteiger charge is 2.14. The first-order valence-corrected chi connectivity index (χ1v) is 11.8. The van der Waals surface area contributed by atoms with Crippen LogP contribution in [0.5, 0.6) is 5.75 Å². The SMILES string of the molecule is COC(=Cc1ccc(OCCc2nc(-c3ccccc3)oc2C)c(C)c1)C(=O)OCc1ccccc1. The lowest BCUT2D eigenvalue weighted by Crippen LogP contribution is -2.09. The molecule has 6 nitrogen and oxygen atoms in total. The lowest BCUT2D eigenvalue weighted by Gasteiger charge is -2.10. The Morgan fingerprint density at radius 2 is 1.69 bits per heavy atom. The normalized spacial score (nSPS) is 11.2. The summed E-state index contributed by atoms with van der Waals surface area (Å²) in [6.07, 6.45) is 2.29. The third kappa shape index (κ3) is 6.42. The summed E-state index contributed by atoms with van der Waals surface area (Å²) in [4.78, 5) is 17.1. The fourth-order valence-corrected chi connectivity index (χ4v) is 3.69. The molecular formula is C30H29NO5. The van der Waals surface area contributed by atoms with E-state index in [9.17, 15) is 4.79 Å². The number of oxazole rings is 1. The van der Waals surface area contributed by atoms with E-state index in [4.69, 9.17) is 18.6 Å². The van der Waals surface area contributed by atoms with E-state index < -0.39 is 5.97 Å². The van der Waals surface area contributed by atoms with Crippen LogP contribution in [-0.4, -0.2) is 24.7 Å². The Hall–Kier alpha value is -4.32. The molecule has 0 atom stereocenters. The molecule has 0 aliphatic rings. The lowest BCUT2D eigenvalue weighted by molar-refractivity contribution is -0.143. The van der Waals surface area contributed by atoms with Gasteiger partial charge in [0.2, 0.25) is 11.6 Å². The molecule has 0 unspecified atom stereocenters. The zero-order valence-electron chi connectivity index (χ0n) is 20.7. The van der Waals surface area contributed by atoms with E-state index in [1.54, 1.807) is 6.08 Å². The van der Waals surface area contributed by atoms with Crippen LogP contribution in [0.25, 0.3) is 17.5 Å². The van der Waals surface area contributed by atoms with Crippen LogP contribution in [0.3, 0.4) is 0 Å². The van der Waals surface area contributed by atoms with Gasteiger partial charge in [0.1, 0.15) is 18.1 Å². The summed E-state index contributed by atoms with van der Waals surface area (Å²) in [5, 5.41) is 0. The molecule has 1 aromatic heterocycles. The number of rotatable bonds is 10. The van der Waals surface area contributed by atoms with Crippen LogP contribution >= 0.6 is 0 Å². The molecule has 0 aliphatic carbocycles. The van der Waals surface area contributed by atoms with E-state index in [0.29, 0.717) is 18.9 Å². The van der Waals surface area contributed by atoms with Gasteiger partial charge in [0.25, 0.3) is 0 Å². The maximum atomic E-state index is 12.4. The topological polar surface area (TPSA) is 70.8 Å². The van der Waals surface area contributed by atoms with E-state index in [2.05, 4.69) is 4.98 Å². The summed E-state index contributed by atoms with van der Waals surface area (Å²) >= 11 is 0. The lowest BCUT2D eigenvalue weighted by atomic mass is 10.1. The quantitative estimate of drug-likeness (QED) is 0.150. The smallest absolute Gasteiger partial charge is 0.373 e. The Labute approximate surface area is 211 Å². The average molecular weight is 484 g/mol. The third-order valence-electron chi connectivity index (χ3n) is 5.64. The molecule has 0 saturated carbocycles. The Kier molecular flexibility index (Phi) is 8.19. The largest absolute Gasteiger partial charge is 0.493 e. The van der Waals surface area contributed by atoms with Crippen molar-refractivity contribution in [1.82, 2.24) is 4.98 Å². The van der Waals surface area contributed by atoms with E-state index in [1.165, 1.54) is 7.11 Å². The molecule has 0 spiro atoms. The van der Waals surface area contributed by atoms with Crippen LogP contribution in [0.15, 0.2) is 89.0 Å². The molecular weight excluding hydrogens is 454 g/mol. The highest BCUT2D eigenvalue weighted by Crippen LogP contribution is 2.24. The molecule has 36 heavy (non-hydrogen) atoms. The number of nitrogens with zero attached hydrogens (tertiary/aromatic N) is 1. The molecule has 1 heterocycles. The fourth-order valence-electron chi connectivity index (χ4n) is 3.69. The second kappa shape index (κ2) is 11.9. The van der Waals surface area contributed by atoms with Crippen molar-refractivity contribution in [2.24, 2.45) is 0 Å². The maximum absolute atomic E-state index is 12.4. The number of hydrogen-bond acceptors (Lipinski definition) is 6. The monoisotopic (exact) mass is 483 g/mol. The second-order valence-electron chi connectivity index (χ2n) is 8.29. The van der Waals surface area contributed by atoms with Crippen LogP contribution in [0.2, 0.25) is 0 Å². The van der Waals surface area contributed by atoms with Crippen molar-refractivity contribution in [2.75, 3.05) is 13.7 Å². The first-order chi connectivity index (χ1) is 17.5. The van der Waals surface area contributed by atoms with Gasteiger partial charge in [-0.05, 0) is 60.9 Å². The molecule has 0 N–H and O–H groups in total. The highest BCUT2D eigenvalue weighted by molar-refractivity contribution is 5.91. The number of carbonyl (C=O) groups excluding carboxylic acids is 1. The summed E-state index contributed by atoms with van der Waals surface area (Å²) in [7, 11) is 1.45. The number of hydrogen-bond donors (Lipinski definition) is 0. The van der Waals surface area contributed by atoms with Crippen molar-refractivity contribution in [3.63, 3.8) is 0 Å². The van der Waals surface area contributed by atoms with Crippen molar-refractivity contribution in [2.45, 2.75) is 26.9 Å². The van der Waals surface area contributed by atoms with Gasteiger partial charge in [0.05, 0.1) is 19.4 Å². The number of aromatic nitrogens is 1. The Bertz CT molecular complexity index is 1330. The highest BCUT2D eigenvalue weighted by atomic mass is 16.6. The predicted octanol–water partition coefficient (Wildman–Crippen LogP) is 6.31. The van der Waals surface area contributed by atoms with Gasteiger partial charge in [0.15, 0.2) is 0 Å². The molecule has 0 bridgehead atoms. The van der Waals surface area contributed by atoms with Crippen molar-refractivity contribution in [1.29, 1.82) is 0 Å². The van der Waals surface area contributed by atoms with Crippen LogP contribution in [0.1, 0.15) is 28.1 Å². The van der Waals surface area contributed by atoms with Gasteiger partial charge >= 0.3 is 5.97 Å². The molecule has 0 fully saturated rings. The van der Waals surface area contributed by atoms with Crippen molar-refractivity contribution < 1.29 is 23.4 Å². The van der Waals surface area contributed by atoms with Gasteiger partial charge in [-0.2, -0.15) is 0 Å². The standard InChI is InChI=1S/C30H29NO5/c1-21-18-24(19-28(33-3)30(32)35-20-23-10-6-4-7-11-23)14-15-27(21)34-17-16-26-22(2)36-29(31-26)25-12-8-5-9-13-25/h4-15,18-19H,16-17,20H2,1-3H3. The van der Waals surface area contributed by atoms with Crippen molar-refractivity contribution in [3.05, 3.63) is 113 Å². The van der Waals surface area contributed by atoms with Gasteiger partial charge in [-0.1, -0.05) is 54.6 Å². The van der Waals surface area contributed by atoms with Crippen LogP contribution < -0.4 is 4.74 Å². The van der Waals surface area contributed by atoms with Crippen molar-refractivity contribution in [3.8, 4) is 17.2 Å². The molecule has 4 rings (SSSR count). The second-order valence-corrected chi connectivity index (χ2v) is 8.29. The summed E-state index contributed by atoms with van der Waals surface area (Å²) in [6.45, 7) is 4.53. The average Bonchev–Trinajstić information content (AvgIpc) is 3.28. The number of benzene rings is 3. The molecule has 0 radical (unpaired) electrons. The number of esters is 1. The van der Waals surface area contributed by atoms with Gasteiger partial charge in [-0.3, -0.25) is 0 Å². The van der Waals surface area contributed by atoms with E-state index in [1.807, 2.05) is 92.7 Å². The molecule has 0 saturated heterocycles. The predicted molar refractivity (Wildman–Crippen MR) is 138 cm³/mol. The zero-order chi connectivity index (χ0) is 25.3. The molecule has 0 amide bonds. The third-order valence-corrected chi connectivity index (χ3v) is 5.64. The summed E-state index contributed by atoms with van der Waals surface area (Å²) in [5.41, 5.74) is 4.50. The molecule has 184 valence electrons. The van der Waals surface area contributed by atoms with Gasteiger partial charge in [-0.15, -0.1) is 0 Å². The van der Waals surface area contributed by atoms with Gasteiger partial charge in [-0.25, -0.2) is 9.78 Å². The Balaban J connectivity index is 1.34. The van der Waals surface area contributed by atoms with E-state index >= 15 is 0 Å². The minimum atomic E-state index is -0.516.